The zero-order chi connectivity index (χ0) is 6.20. The lowest BCUT2D eigenvalue weighted by Gasteiger charge is -2.11. The van der Waals surface area contributed by atoms with Crippen LogP contribution < -0.4 is 0 Å². The third-order valence-electron chi connectivity index (χ3n) is 1.37. The molecule has 0 N–H and O–H groups in total. The first kappa shape index (κ1) is 6.27. The molecule has 0 aromatic rings. The molecule has 1 unspecified atom stereocenters. The molecule has 0 aromatic carbocycles. The molecule has 3 nitrogen and oxygen atoms in total. The van der Waals surface area contributed by atoms with Gasteiger partial charge in [-0.2, -0.15) is 0 Å². The summed E-state index contributed by atoms with van der Waals surface area (Å²) in [7, 11) is -0.488. The highest BCUT2D eigenvalue weighted by Gasteiger charge is 2.27. The molecule has 1 aliphatic rings. The second-order valence-electron chi connectivity index (χ2n) is 2.02. The molecule has 0 bridgehead atoms. The van der Waals surface area contributed by atoms with Crippen molar-refractivity contribution in [1.29, 1.82) is 0 Å². The minimum Gasteiger partial charge on any atom is -0.316 e. The van der Waals surface area contributed by atoms with Crippen LogP contribution in [0.3, 0.4) is 0 Å². The Morgan fingerprint density at radius 2 is 2.38 bits per heavy atom. The van der Waals surface area contributed by atoms with Crippen molar-refractivity contribution in [3.8, 4) is 0 Å². The molecule has 0 amide bonds. The molecule has 0 saturated carbocycles. The first-order valence-electron chi connectivity index (χ1n) is 2.56. The SMILES string of the molecule is CN1CCOP1(C)=O. The highest BCUT2D eigenvalue weighted by Crippen LogP contribution is 2.48. The van der Waals surface area contributed by atoms with E-state index in [1.54, 1.807) is 11.3 Å². The van der Waals surface area contributed by atoms with Crippen LogP contribution in [0, 0.1) is 0 Å². The van der Waals surface area contributed by atoms with E-state index in [0.29, 0.717) is 6.61 Å². The molecule has 0 aliphatic carbocycles. The van der Waals surface area contributed by atoms with Crippen LogP contribution in [0.1, 0.15) is 0 Å². The highest BCUT2D eigenvalue weighted by atomic mass is 31.2. The molecule has 0 spiro atoms. The Balaban J connectivity index is 2.69. The molecule has 1 fully saturated rings. The van der Waals surface area contributed by atoms with Crippen LogP contribution in [0.25, 0.3) is 0 Å². The Labute approximate surface area is 49.1 Å². The molecule has 1 heterocycles. The van der Waals surface area contributed by atoms with Gasteiger partial charge in [-0.3, -0.25) is 4.57 Å². The summed E-state index contributed by atoms with van der Waals surface area (Å²) in [6.45, 7) is 3.05. The van der Waals surface area contributed by atoms with Crippen LogP contribution in [0.15, 0.2) is 0 Å². The van der Waals surface area contributed by atoms with E-state index in [0.717, 1.165) is 6.54 Å². The molecule has 1 aliphatic heterocycles. The van der Waals surface area contributed by atoms with E-state index in [-0.39, 0.29) is 0 Å². The Morgan fingerprint density at radius 3 is 2.50 bits per heavy atom. The van der Waals surface area contributed by atoms with Crippen LogP contribution >= 0.6 is 7.52 Å². The lowest BCUT2D eigenvalue weighted by molar-refractivity contribution is 0.362. The molecule has 8 heavy (non-hydrogen) atoms. The van der Waals surface area contributed by atoms with Crippen molar-refractivity contribution in [3.63, 3.8) is 0 Å². The fourth-order valence-corrected chi connectivity index (χ4v) is 1.69. The van der Waals surface area contributed by atoms with Gasteiger partial charge in [0.25, 0.3) is 7.52 Å². The van der Waals surface area contributed by atoms with Gasteiger partial charge >= 0.3 is 0 Å². The number of nitrogens with zero attached hydrogens (tertiary/aromatic N) is 1. The summed E-state index contributed by atoms with van der Waals surface area (Å²) in [4.78, 5) is 0. The first-order chi connectivity index (χ1) is 3.63. The lowest BCUT2D eigenvalue weighted by atomic mass is 10.7. The minimum absolute atomic E-state index is 0.615. The molecule has 0 aromatic heterocycles. The van der Waals surface area contributed by atoms with Crippen molar-refractivity contribution >= 4 is 7.52 Å². The van der Waals surface area contributed by atoms with Crippen molar-refractivity contribution in [2.75, 3.05) is 26.9 Å². The maximum absolute atomic E-state index is 11.0. The van der Waals surface area contributed by atoms with Crippen molar-refractivity contribution < 1.29 is 9.09 Å². The zero-order valence-electron chi connectivity index (χ0n) is 5.13. The van der Waals surface area contributed by atoms with Crippen molar-refractivity contribution in [2.45, 2.75) is 0 Å². The van der Waals surface area contributed by atoms with Crippen LogP contribution in [0.5, 0.6) is 0 Å². The average Bonchev–Trinajstić information content (AvgIpc) is 1.86. The normalized spacial score (nSPS) is 40.8. The second kappa shape index (κ2) is 1.83. The van der Waals surface area contributed by atoms with E-state index in [4.69, 9.17) is 4.52 Å². The van der Waals surface area contributed by atoms with E-state index in [9.17, 15) is 4.57 Å². The van der Waals surface area contributed by atoms with Gasteiger partial charge in [-0.05, 0) is 7.05 Å². The van der Waals surface area contributed by atoms with Crippen molar-refractivity contribution in [1.82, 2.24) is 4.67 Å². The zero-order valence-corrected chi connectivity index (χ0v) is 6.02. The summed E-state index contributed by atoms with van der Waals surface area (Å²) < 4.78 is 17.7. The van der Waals surface area contributed by atoms with Gasteiger partial charge in [0.1, 0.15) is 0 Å². The third-order valence-corrected chi connectivity index (χ3v) is 3.47. The molecule has 48 valence electrons. The summed E-state index contributed by atoms with van der Waals surface area (Å²) in [6, 6.07) is 0. The summed E-state index contributed by atoms with van der Waals surface area (Å²) in [5.74, 6) is 0. The Morgan fingerprint density at radius 1 is 1.75 bits per heavy atom. The van der Waals surface area contributed by atoms with E-state index in [2.05, 4.69) is 0 Å². The van der Waals surface area contributed by atoms with E-state index < -0.39 is 7.52 Å². The van der Waals surface area contributed by atoms with E-state index in [1.165, 1.54) is 0 Å². The standard InChI is InChI=1S/C4H10NO2P/c1-5-3-4-7-8(5,2)6/h3-4H2,1-2H3. The lowest BCUT2D eigenvalue weighted by Crippen LogP contribution is -2.07. The summed E-state index contributed by atoms with van der Waals surface area (Å²) >= 11 is 0. The van der Waals surface area contributed by atoms with Gasteiger partial charge in [-0.15, -0.1) is 0 Å². The number of rotatable bonds is 0. The van der Waals surface area contributed by atoms with Crippen LogP contribution in [-0.4, -0.2) is 31.5 Å². The number of hydrogen-bond donors (Lipinski definition) is 0. The second-order valence-corrected chi connectivity index (χ2v) is 4.56. The Hall–Kier alpha value is 0.150. The molecular formula is C4H10NO2P. The van der Waals surface area contributed by atoms with E-state index >= 15 is 0 Å². The summed E-state index contributed by atoms with van der Waals surface area (Å²) in [6.07, 6.45) is 0. The molecule has 0 radical (unpaired) electrons. The van der Waals surface area contributed by atoms with Gasteiger partial charge in [0.2, 0.25) is 0 Å². The molecule has 4 heteroatoms. The summed E-state index contributed by atoms with van der Waals surface area (Å²) in [5, 5.41) is 0. The van der Waals surface area contributed by atoms with Crippen LogP contribution in [0.4, 0.5) is 0 Å². The Kier molecular flexibility index (Phi) is 1.44. The Bertz CT molecular complexity index is 136. The van der Waals surface area contributed by atoms with Gasteiger partial charge in [0.15, 0.2) is 0 Å². The summed E-state index contributed by atoms with van der Waals surface area (Å²) in [5.41, 5.74) is 0. The molecule has 1 saturated heterocycles. The fraction of sp³-hybridized carbons (Fsp3) is 1.00. The fourth-order valence-electron chi connectivity index (χ4n) is 0.623. The van der Waals surface area contributed by atoms with Crippen molar-refractivity contribution in [2.24, 2.45) is 0 Å². The van der Waals surface area contributed by atoms with Crippen LogP contribution in [0.2, 0.25) is 0 Å². The predicted octanol–water partition coefficient (Wildman–Crippen LogP) is 0.771. The number of likely N-dealkylation sites (N-methyl/N-ethyl adjacent to an activating group) is 1. The van der Waals surface area contributed by atoms with Gasteiger partial charge in [0.05, 0.1) is 6.61 Å². The van der Waals surface area contributed by atoms with E-state index in [1.807, 2.05) is 7.05 Å². The molecule has 1 atom stereocenters. The largest absolute Gasteiger partial charge is 0.316 e. The first-order valence-corrected chi connectivity index (χ1v) is 4.59. The molecule has 1 rings (SSSR count). The third kappa shape index (κ3) is 0.943. The molecular weight excluding hydrogens is 125 g/mol. The van der Waals surface area contributed by atoms with Gasteiger partial charge < -0.3 is 4.52 Å². The predicted molar refractivity (Wildman–Crippen MR) is 32.1 cm³/mol. The highest BCUT2D eigenvalue weighted by molar-refractivity contribution is 7.55. The van der Waals surface area contributed by atoms with Crippen molar-refractivity contribution in [3.05, 3.63) is 0 Å². The quantitative estimate of drug-likeness (QED) is 0.459. The van der Waals surface area contributed by atoms with Gasteiger partial charge in [0, 0.05) is 13.2 Å². The minimum atomic E-state index is -2.30. The van der Waals surface area contributed by atoms with Crippen LogP contribution in [-0.2, 0) is 9.09 Å². The smallest absolute Gasteiger partial charge is 0.269 e. The van der Waals surface area contributed by atoms with Gasteiger partial charge in [-0.25, -0.2) is 4.67 Å². The monoisotopic (exact) mass is 135 g/mol. The van der Waals surface area contributed by atoms with Gasteiger partial charge in [-0.1, -0.05) is 0 Å². The number of hydrogen-bond acceptors (Lipinski definition) is 2. The topological polar surface area (TPSA) is 29.5 Å². The average molecular weight is 135 g/mol. The maximum Gasteiger partial charge on any atom is 0.269 e. The maximum atomic E-state index is 11.0.